The molecule has 1 atom stereocenters. The molecule has 0 aliphatic carbocycles. The molecule has 1 fully saturated rings. The molecule has 1 saturated heterocycles. The molecule has 0 radical (unpaired) electrons. The summed E-state index contributed by atoms with van der Waals surface area (Å²) < 4.78 is 0. The number of nitrogens with zero attached hydrogens (tertiary/aromatic N) is 1. The van der Waals surface area contributed by atoms with Gasteiger partial charge in [-0.25, -0.2) is 0 Å². The van der Waals surface area contributed by atoms with Crippen molar-refractivity contribution in [3.8, 4) is 0 Å². The Morgan fingerprint density at radius 2 is 1.57 bits per heavy atom. The Bertz CT molecular complexity index is 624. The van der Waals surface area contributed by atoms with Crippen molar-refractivity contribution in [1.29, 1.82) is 0 Å². The highest BCUT2D eigenvalue weighted by Crippen LogP contribution is 2.39. The van der Waals surface area contributed by atoms with E-state index in [-0.39, 0.29) is 0 Å². The van der Waals surface area contributed by atoms with Gasteiger partial charge in [-0.1, -0.05) is 46.9 Å². The Kier molecular flexibility index (Phi) is 4.63. The largest absolute Gasteiger partial charge is 0.363 e. The van der Waals surface area contributed by atoms with E-state index < -0.39 is 0 Å². The third-order valence-electron chi connectivity index (χ3n) is 3.98. The van der Waals surface area contributed by atoms with Gasteiger partial charge in [-0.3, -0.25) is 0 Å². The predicted molar refractivity (Wildman–Crippen MR) is 91.9 cm³/mol. The average molecular weight is 341 g/mol. The second-order valence-electron chi connectivity index (χ2n) is 5.35. The number of hydrogen-bond acceptors (Lipinski definition) is 1. The quantitative estimate of drug-likeness (QED) is 0.613. The topological polar surface area (TPSA) is 3.24 Å². The second-order valence-corrected chi connectivity index (χ2v) is 6.63. The summed E-state index contributed by atoms with van der Waals surface area (Å²) in [4.78, 5) is 2.38. The number of piperidine rings is 1. The van der Waals surface area contributed by atoms with Crippen molar-refractivity contribution in [3.05, 3.63) is 63.1 Å². The van der Waals surface area contributed by atoms with E-state index in [4.69, 9.17) is 34.8 Å². The van der Waals surface area contributed by atoms with Crippen LogP contribution in [-0.2, 0) is 0 Å². The van der Waals surface area contributed by atoms with Gasteiger partial charge in [0, 0.05) is 16.6 Å². The number of rotatable bonds is 2. The molecule has 0 spiro atoms. The van der Waals surface area contributed by atoms with Crippen LogP contribution in [0.15, 0.2) is 42.5 Å². The molecule has 2 aromatic rings. The highest BCUT2D eigenvalue weighted by Gasteiger charge is 2.25. The number of halogens is 3. The van der Waals surface area contributed by atoms with Gasteiger partial charge < -0.3 is 4.90 Å². The molecule has 0 bridgehead atoms. The van der Waals surface area contributed by atoms with Gasteiger partial charge in [-0.2, -0.15) is 0 Å². The summed E-state index contributed by atoms with van der Waals surface area (Å²) in [6.07, 6.45) is 3.54. The summed E-state index contributed by atoms with van der Waals surface area (Å²) in [6, 6.07) is 14.2. The molecule has 1 nitrogen and oxygen atoms in total. The lowest BCUT2D eigenvalue weighted by atomic mass is 9.94. The fraction of sp³-hybridized carbons (Fsp3) is 0.294. The first-order valence-corrected chi connectivity index (χ1v) is 8.26. The molecule has 2 aromatic carbocycles. The third-order valence-corrected chi connectivity index (χ3v) is 4.77. The summed E-state index contributed by atoms with van der Waals surface area (Å²) in [6.45, 7) is 1.01. The lowest BCUT2D eigenvalue weighted by Gasteiger charge is -2.38. The standard InChI is InChI=1S/C17H16Cl3N/c18-13-6-4-12(5-7-13)16-3-1-2-10-21(16)17-9-8-14(19)11-15(17)20/h4-9,11,16H,1-3,10H2. The van der Waals surface area contributed by atoms with Crippen molar-refractivity contribution in [3.63, 3.8) is 0 Å². The van der Waals surface area contributed by atoms with Crippen LogP contribution < -0.4 is 4.90 Å². The molecule has 1 unspecified atom stereocenters. The molecule has 0 amide bonds. The molecular weight excluding hydrogens is 325 g/mol. The van der Waals surface area contributed by atoms with Crippen LogP contribution >= 0.6 is 34.8 Å². The van der Waals surface area contributed by atoms with Crippen LogP contribution in [0.25, 0.3) is 0 Å². The normalized spacial score (nSPS) is 18.8. The van der Waals surface area contributed by atoms with Crippen LogP contribution in [-0.4, -0.2) is 6.54 Å². The van der Waals surface area contributed by atoms with E-state index in [9.17, 15) is 0 Å². The first-order chi connectivity index (χ1) is 10.1. The van der Waals surface area contributed by atoms with E-state index in [1.54, 1.807) is 0 Å². The molecular formula is C17H16Cl3N. The molecule has 0 aromatic heterocycles. The van der Waals surface area contributed by atoms with Crippen molar-refractivity contribution in [2.45, 2.75) is 25.3 Å². The smallest absolute Gasteiger partial charge is 0.0654 e. The molecule has 4 heteroatoms. The fourth-order valence-corrected chi connectivity index (χ4v) is 3.61. The van der Waals surface area contributed by atoms with Crippen LogP contribution in [0.1, 0.15) is 30.9 Å². The summed E-state index contributed by atoms with van der Waals surface area (Å²) >= 11 is 18.4. The van der Waals surface area contributed by atoms with Gasteiger partial charge in [-0.05, 0) is 55.2 Å². The highest BCUT2D eigenvalue weighted by molar-refractivity contribution is 6.36. The maximum Gasteiger partial charge on any atom is 0.0654 e. The monoisotopic (exact) mass is 339 g/mol. The van der Waals surface area contributed by atoms with Gasteiger partial charge in [0.2, 0.25) is 0 Å². The Morgan fingerprint density at radius 1 is 0.857 bits per heavy atom. The van der Waals surface area contributed by atoms with Crippen LogP contribution in [0.2, 0.25) is 15.1 Å². The van der Waals surface area contributed by atoms with Crippen molar-refractivity contribution in [2.24, 2.45) is 0 Å². The minimum absolute atomic E-state index is 0.342. The van der Waals surface area contributed by atoms with Crippen molar-refractivity contribution in [1.82, 2.24) is 0 Å². The van der Waals surface area contributed by atoms with Gasteiger partial charge in [0.05, 0.1) is 16.8 Å². The van der Waals surface area contributed by atoms with Crippen molar-refractivity contribution < 1.29 is 0 Å². The summed E-state index contributed by atoms with van der Waals surface area (Å²) in [7, 11) is 0. The molecule has 3 rings (SSSR count). The zero-order valence-electron chi connectivity index (χ0n) is 11.5. The van der Waals surface area contributed by atoms with Crippen molar-refractivity contribution in [2.75, 3.05) is 11.4 Å². The Hall–Kier alpha value is -0.890. The lowest BCUT2D eigenvalue weighted by molar-refractivity contribution is 0.473. The first-order valence-electron chi connectivity index (χ1n) is 7.12. The van der Waals surface area contributed by atoms with Gasteiger partial charge in [-0.15, -0.1) is 0 Å². The molecule has 110 valence electrons. The van der Waals surface area contributed by atoms with Crippen LogP contribution in [0, 0.1) is 0 Å². The number of hydrogen-bond donors (Lipinski definition) is 0. The van der Waals surface area contributed by atoms with Gasteiger partial charge in [0.1, 0.15) is 0 Å². The van der Waals surface area contributed by atoms with Gasteiger partial charge >= 0.3 is 0 Å². The Morgan fingerprint density at radius 3 is 2.29 bits per heavy atom. The van der Waals surface area contributed by atoms with E-state index in [0.717, 1.165) is 23.7 Å². The third kappa shape index (κ3) is 3.31. The minimum atomic E-state index is 0.342. The predicted octanol–water partition coefficient (Wildman–Crippen LogP) is 6.38. The van der Waals surface area contributed by atoms with E-state index in [1.165, 1.54) is 18.4 Å². The van der Waals surface area contributed by atoms with Crippen LogP contribution in [0.5, 0.6) is 0 Å². The lowest BCUT2D eigenvalue weighted by Crippen LogP contribution is -2.33. The maximum atomic E-state index is 6.39. The van der Waals surface area contributed by atoms with Gasteiger partial charge in [0.15, 0.2) is 0 Å². The number of benzene rings is 2. The second kappa shape index (κ2) is 6.48. The maximum absolute atomic E-state index is 6.39. The minimum Gasteiger partial charge on any atom is -0.363 e. The fourth-order valence-electron chi connectivity index (χ4n) is 2.97. The molecule has 1 aliphatic heterocycles. The SMILES string of the molecule is Clc1ccc(C2CCCCN2c2ccc(Cl)cc2Cl)cc1. The van der Waals surface area contributed by atoms with E-state index >= 15 is 0 Å². The molecule has 1 aliphatic rings. The van der Waals surface area contributed by atoms with Crippen molar-refractivity contribution >= 4 is 40.5 Å². The molecule has 0 saturated carbocycles. The molecule has 21 heavy (non-hydrogen) atoms. The Balaban J connectivity index is 1.96. The van der Waals surface area contributed by atoms with Crippen LogP contribution in [0.3, 0.4) is 0 Å². The molecule has 0 N–H and O–H groups in total. The van der Waals surface area contributed by atoms with E-state index in [0.29, 0.717) is 16.1 Å². The number of anilines is 1. The van der Waals surface area contributed by atoms with Crippen LogP contribution in [0.4, 0.5) is 5.69 Å². The van der Waals surface area contributed by atoms with E-state index in [2.05, 4.69) is 17.0 Å². The molecule has 1 heterocycles. The summed E-state index contributed by atoms with van der Waals surface area (Å²) in [5.74, 6) is 0. The summed E-state index contributed by atoms with van der Waals surface area (Å²) in [5, 5.41) is 2.15. The zero-order chi connectivity index (χ0) is 14.8. The first kappa shape index (κ1) is 15.0. The van der Waals surface area contributed by atoms with Gasteiger partial charge in [0.25, 0.3) is 0 Å². The summed E-state index contributed by atoms with van der Waals surface area (Å²) in [5.41, 5.74) is 2.34. The highest BCUT2D eigenvalue weighted by atomic mass is 35.5. The zero-order valence-corrected chi connectivity index (χ0v) is 13.8. The Labute approximate surface area is 140 Å². The average Bonchev–Trinajstić information content (AvgIpc) is 2.48. The van der Waals surface area contributed by atoms with E-state index in [1.807, 2.05) is 30.3 Å².